The molecule has 2 aromatic heterocycles. The van der Waals surface area contributed by atoms with E-state index in [2.05, 4.69) is 15.8 Å². The highest BCUT2D eigenvalue weighted by Gasteiger charge is 2.26. The van der Waals surface area contributed by atoms with Gasteiger partial charge in [0.1, 0.15) is 10.8 Å². The molecule has 9 nitrogen and oxygen atoms in total. The van der Waals surface area contributed by atoms with Crippen molar-refractivity contribution >= 4 is 34.1 Å². The molecule has 0 fully saturated rings. The molecule has 0 aliphatic rings. The molecule has 28 heavy (non-hydrogen) atoms. The van der Waals surface area contributed by atoms with Gasteiger partial charge in [-0.2, -0.15) is 0 Å². The Kier molecular flexibility index (Phi) is 6.92. The van der Waals surface area contributed by atoms with Crippen LogP contribution in [0.1, 0.15) is 62.5 Å². The van der Waals surface area contributed by atoms with Gasteiger partial charge in [0.2, 0.25) is 5.91 Å². The average Bonchev–Trinajstić information content (AvgIpc) is 3.12. The van der Waals surface area contributed by atoms with Gasteiger partial charge in [0.05, 0.1) is 29.3 Å². The van der Waals surface area contributed by atoms with Crippen LogP contribution in [0, 0.1) is 20.8 Å². The summed E-state index contributed by atoms with van der Waals surface area (Å²) in [6.07, 6.45) is 0. The fourth-order valence-corrected chi connectivity index (χ4v) is 3.98. The fraction of sp³-hybridized carbons (Fsp3) is 0.444. The zero-order valence-electron chi connectivity index (χ0n) is 16.5. The minimum atomic E-state index is -0.668. The summed E-state index contributed by atoms with van der Waals surface area (Å²) >= 11 is 0.954. The van der Waals surface area contributed by atoms with Crippen molar-refractivity contribution in [3.63, 3.8) is 0 Å². The van der Waals surface area contributed by atoms with Crippen LogP contribution in [0.3, 0.4) is 0 Å². The molecule has 1 unspecified atom stereocenters. The predicted octanol–water partition coefficient (Wildman–Crippen LogP) is 2.23. The number of aryl methyl sites for hydroxylation is 2. The van der Waals surface area contributed by atoms with Gasteiger partial charge in [-0.1, -0.05) is 5.16 Å². The van der Waals surface area contributed by atoms with Crippen LogP contribution < -0.4 is 16.4 Å². The second-order valence-electron chi connectivity index (χ2n) is 6.23. The molecule has 0 saturated heterocycles. The number of hydrogen-bond acceptors (Lipinski definition) is 8. The molecule has 0 bridgehead atoms. The third kappa shape index (κ3) is 4.57. The van der Waals surface area contributed by atoms with Crippen molar-refractivity contribution in [2.75, 3.05) is 18.5 Å². The van der Waals surface area contributed by atoms with Crippen LogP contribution in [-0.4, -0.2) is 36.1 Å². The summed E-state index contributed by atoms with van der Waals surface area (Å²) in [5, 5.41) is 9.89. The molecule has 2 heterocycles. The number of nitrogens with one attached hydrogen (secondary N) is 2. The van der Waals surface area contributed by atoms with E-state index in [1.165, 1.54) is 0 Å². The molecule has 2 aromatic rings. The lowest BCUT2D eigenvalue weighted by molar-refractivity contribution is -0.115. The summed E-state index contributed by atoms with van der Waals surface area (Å²) in [4.78, 5) is 36.5. The number of amides is 2. The SMILES string of the molecule is CCOC(=O)c1c(NC(=O)CNC(C)c2c(C)noc2C)sc(C(N)=O)c1C. The molecule has 0 radical (unpaired) electrons. The molecule has 2 amide bonds. The Labute approximate surface area is 166 Å². The lowest BCUT2D eigenvalue weighted by Gasteiger charge is -2.13. The molecule has 2 rings (SSSR count). The number of thiophene rings is 1. The van der Waals surface area contributed by atoms with Crippen LogP contribution >= 0.6 is 11.3 Å². The first-order chi connectivity index (χ1) is 13.2. The number of hydrogen-bond donors (Lipinski definition) is 3. The highest BCUT2D eigenvalue weighted by atomic mass is 32.1. The van der Waals surface area contributed by atoms with Crippen LogP contribution in [0.5, 0.6) is 0 Å². The minimum absolute atomic E-state index is 0.0175. The van der Waals surface area contributed by atoms with E-state index in [0.717, 1.165) is 22.6 Å². The smallest absolute Gasteiger partial charge is 0.341 e. The van der Waals surface area contributed by atoms with Gasteiger partial charge in [-0.15, -0.1) is 11.3 Å². The van der Waals surface area contributed by atoms with Crippen LogP contribution in [0.4, 0.5) is 5.00 Å². The van der Waals surface area contributed by atoms with Gasteiger partial charge in [-0.05, 0) is 40.2 Å². The molecular formula is C18H24N4O5S. The molecule has 10 heteroatoms. The standard InChI is InChI=1S/C18H24N4O5S/c1-6-26-18(25)13-8(2)15(16(19)24)28-17(13)21-12(23)7-20-9(3)14-10(4)22-27-11(14)5/h9,20H,6-7H2,1-5H3,(H2,19,24)(H,21,23). The van der Waals surface area contributed by atoms with Crippen molar-refractivity contribution in [2.24, 2.45) is 5.73 Å². The van der Waals surface area contributed by atoms with Crippen molar-refractivity contribution in [2.45, 2.75) is 40.7 Å². The van der Waals surface area contributed by atoms with Crippen molar-refractivity contribution in [3.05, 3.63) is 33.0 Å². The van der Waals surface area contributed by atoms with E-state index in [0.29, 0.717) is 11.3 Å². The topological polar surface area (TPSA) is 137 Å². The number of nitrogens with zero attached hydrogens (tertiary/aromatic N) is 1. The fourth-order valence-electron chi connectivity index (χ4n) is 2.91. The van der Waals surface area contributed by atoms with Crippen LogP contribution in [-0.2, 0) is 9.53 Å². The second kappa shape index (κ2) is 8.98. The number of primary amides is 1. The Morgan fingerprint density at radius 1 is 1.29 bits per heavy atom. The molecule has 0 aliphatic heterocycles. The number of nitrogens with two attached hydrogens (primary N) is 1. The first-order valence-electron chi connectivity index (χ1n) is 8.73. The third-order valence-corrected chi connectivity index (χ3v) is 5.42. The van der Waals surface area contributed by atoms with Crippen molar-refractivity contribution in [1.29, 1.82) is 0 Å². The molecule has 1 atom stereocenters. The number of aromatic nitrogens is 1. The lowest BCUT2D eigenvalue weighted by atomic mass is 10.1. The van der Waals surface area contributed by atoms with Gasteiger partial charge in [0.15, 0.2) is 0 Å². The Balaban J connectivity index is 2.13. The summed E-state index contributed by atoms with van der Waals surface area (Å²) in [5.41, 5.74) is 7.54. The molecule has 0 aromatic carbocycles. The van der Waals surface area contributed by atoms with Gasteiger partial charge >= 0.3 is 5.97 Å². The maximum atomic E-state index is 12.4. The maximum absolute atomic E-state index is 12.4. The third-order valence-electron chi connectivity index (χ3n) is 4.19. The largest absolute Gasteiger partial charge is 0.462 e. The van der Waals surface area contributed by atoms with E-state index in [4.69, 9.17) is 15.0 Å². The zero-order chi connectivity index (χ0) is 21.0. The van der Waals surface area contributed by atoms with E-state index >= 15 is 0 Å². The van der Waals surface area contributed by atoms with Crippen molar-refractivity contribution in [3.8, 4) is 0 Å². The number of ether oxygens (including phenoxy) is 1. The molecular weight excluding hydrogens is 384 g/mol. The number of rotatable bonds is 8. The number of carbonyl (C=O) groups is 3. The highest BCUT2D eigenvalue weighted by Crippen LogP contribution is 2.33. The molecule has 0 spiro atoms. The van der Waals surface area contributed by atoms with Crippen LogP contribution in [0.2, 0.25) is 0 Å². The van der Waals surface area contributed by atoms with Gasteiger partial charge in [0.25, 0.3) is 5.91 Å². The average molecular weight is 408 g/mol. The van der Waals surface area contributed by atoms with E-state index in [-0.39, 0.29) is 40.5 Å². The predicted molar refractivity (Wildman–Crippen MR) is 105 cm³/mol. The Hall–Kier alpha value is -2.72. The van der Waals surface area contributed by atoms with E-state index < -0.39 is 11.9 Å². The number of carbonyl (C=O) groups excluding carboxylic acids is 3. The van der Waals surface area contributed by atoms with Gasteiger partial charge in [0, 0.05) is 11.6 Å². The molecule has 0 aliphatic carbocycles. The van der Waals surface area contributed by atoms with E-state index in [9.17, 15) is 14.4 Å². The molecule has 0 saturated carbocycles. The van der Waals surface area contributed by atoms with Crippen LogP contribution in [0.25, 0.3) is 0 Å². The van der Waals surface area contributed by atoms with Crippen molar-refractivity contribution in [1.82, 2.24) is 10.5 Å². The Morgan fingerprint density at radius 2 is 1.96 bits per heavy atom. The van der Waals surface area contributed by atoms with Gasteiger partial charge < -0.3 is 25.6 Å². The highest BCUT2D eigenvalue weighted by molar-refractivity contribution is 7.18. The Bertz CT molecular complexity index is 883. The van der Waals surface area contributed by atoms with Gasteiger partial charge in [-0.25, -0.2) is 4.79 Å². The van der Waals surface area contributed by atoms with Crippen molar-refractivity contribution < 1.29 is 23.6 Å². The first-order valence-corrected chi connectivity index (χ1v) is 9.55. The zero-order valence-corrected chi connectivity index (χ0v) is 17.3. The number of anilines is 1. The normalized spacial score (nSPS) is 11.9. The van der Waals surface area contributed by atoms with Crippen LogP contribution in [0.15, 0.2) is 4.52 Å². The summed E-state index contributed by atoms with van der Waals surface area (Å²) in [7, 11) is 0. The van der Waals surface area contributed by atoms with Gasteiger partial charge in [-0.3, -0.25) is 9.59 Å². The minimum Gasteiger partial charge on any atom is -0.462 e. The first kappa shape index (κ1) is 21.6. The number of esters is 1. The monoisotopic (exact) mass is 408 g/mol. The summed E-state index contributed by atoms with van der Waals surface area (Å²) in [5.74, 6) is -0.973. The Morgan fingerprint density at radius 3 is 2.50 bits per heavy atom. The van der Waals surface area contributed by atoms with E-state index in [1.807, 2.05) is 13.8 Å². The molecule has 152 valence electrons. The second-order valence-corrected chi connectivity index (χ2v) is 7.25. The summed E-state index contributed by atoms with van der Waals surface area (Å²) in [6.45, 7) is 8.95. The quantitative estimate of drug-likeness (QED) is 0.570. The van der Waals surface area contributed by atoms with E-state index in [1.54, 1.807) is 20.8 Å². The lowest BCUT2D eigenvalue weighted by Crippen LogP contribution is -2.30. The maximum Gasteiger partial charge on any atom is 0.341 e. The summed E-state index contributed by atoms with van der Waals surface area (Å²) < 4.78 is 10.2. The molecule has 4 N–H and O–H groups in total. The summed E-state index contributed by atoms with van der Waals surface area (Å²) in [6, 6.07) is -0.159.